The van der Waals surface area contributed by atoms with Crippen LogP contribution < -0.4 is 5.32 Å². The summed E-state index contributed by atoms with van der Waals surface area (Å²) < 4.78 is 4.91. The van der Waals surface area contributed by atoms with Gasteiger partial charge >= 0.3 is 5.97 Å². The summed E-state index contributed by atoms with van der Waals surface area (Å²) in [6.07, 6.45) is 2.62. The summed E-state index contributed by atoms with van der Waals surface area (Å²) in [5.41, 5.74) is 0. The summed E-state index contributed by atoms with van der Waals surface area (Å²) in [6.45, 7) is 2.10. The van der Waals surface area contributed by atoms with E-state index in [2.05, 4.69) is 5.32 Å². The predicted octanol–water partition coefficient (Wildman–Crippen LogP) is 1.51. The highest BCUT2D eigenvalue weighted by Gasteiger charge is 2.11. The van der Waals surface area contributed by atoms with Gasteiger partial charge in [-0.3, -0.25) is 9.59 Å². The molecule has 1 rings (SSSR count). The van der Waals surface area contributed by atoms with E-state index in [1.165, 1.54) is 6.26 Å². The summed E-state index contributed by atoms with van der Waals surface area (Å²) in [4.78, 5) is 21.9. The molecule has 0 saturated carbocycles. The van der Waals surface area contributed by atoms with Crippen molar-refractivity contribution in [1.82, 2.24) is 5.32 Å². The zero-order chi connectivity index (χ0) is 12.0. The molecule has 88 valence electrons. The first-order valence-corrected chi connectivity index (χ1v) is 5.15. The lowest BCUT2D eigenvalue weighted by molar-refractivity contribution is -0.141. The van der Waals surface area contributed by atoms with Gasteiger partial charge in [0.25, 0.3) is 5.91 Å². The van der Waals surface area contributed by atoms with Gasteiger partial charge in [-0.05, 0) is 25.0 Å². The number of rotatable bonds is 6. The zero-order valence-electron chi connectivity index (χ0n) is 9.10. The molecule has 0 aliphatic carbocycles. The fourth-order valence-corrected chi connectivity index (χ4v) is 1.23. The number of hydrogen-bond donors (Lipinski definition) is 2. The first kappa shape index (κ1) is 12.3. The van der Waals surface area contributed by atoms with Crippen molar-refractivity contribution in [2.75, 3.05) is 6.54 Å². The normalized spacial score (nSPS) is 12.1. The van der Waals surface area contributed by atoms with E-state index in [9.17, 15) is 9.59 Å². The number of amides is 1. The third kappa shape index (κ3) is 3.76. The molecule has 5 nitrogen and oxygen atoms in total. The molecule has 1 aromatic heterocycles. The molecule has 1 heterocycles. The minimum Gasteiger partial charge on any atom is -0.481 e. The molecule has 16 heavy (non-hydrogen) atoms. The van der Waals surface area contributed by atoms with Crippen molar-refractivity contribution >= 4 is 11.9 Å². The lowest BCUT2D eigenvalue weighted by Gasteiger charge is -2.06. The van der Waals surface area contributed by atoms with Crippen molar-refractivity contribution in [3.05, 3.63) is 24.2 Å². The van der Waals surface area contributed by atoms with Crippen LogP contribution in [0.2, 0.25) is 0 Å². The van der Waals surface area contributed by atoms with E-state index in [-0.39, 0.29) is 17.6 Å². The Morgan fingerprint density at radius 3 is 2.88 bits per heavy atom. The third-order valence-electron chi connectivity index (χ3n) is 2.27. The Morgan fingerprint density at radius 1 is 1.56 bits per heavy atom. The quantitative estimate of drug-likeness (QED) is 0.719. The van der Waals surface area contributed by atoms with Crippen LogP contribution in [-0.4, -0.2) is 23.5 Å². The van der Waals surface area contributed by atoms with E-state index in [4.69, 9.17) is 9.52 Å². The predicted molar refractivity (Wildman–Crippen MR) is 57.1 cm³/mol. The van der Waals surface area contributed by atoms with E-state index in [0.29, 0.717) is 19.4 Å². The minimum absolute atomic E-state index is 0.270. The highest BCUT2D eigenvalue weighted by atomic mass is 16.4. The molecule has 0 aromatic carbocycles. The number of furan rings is 1. The molecule has 0 fully saturated rings. The molecule has 0 aliphatic heterocycles. The van der Waals surface area contributed by atoms with Gasteiger partial charge in [-0.2, -0.15) is 0 Å². The van der Waals surface area contributed by atoms with Gasteiger partial charge in [0.2, 0.25) is 0 Å². The second-order valence-corrected chi connectivity index (χ2v) is 3.61. The number of nitrogens with one attached hydrogen (secondary N) is 1. The van der Waals surface area contributed by atoms with Crippen molar-refractivity contribution < 1.29 is 19.1 Å². The van der Waals surface area contributed by atoms with Crippen molar-refractivity contribution in [2.24, 2.45) is 5.92 Å². The lowest BCUT2D eigenvalue weighted by atomic mass is 10.1. The smallest absolute Gasteiger partial charge is 0.306 e. The van der Waals surface area contributed by atoms with Crippen LogP contribution in [-0.2, 0) is 4.79 Å². The molecule has 0 bridgehead atoms. The maximum absolute atomic E-state index is 11.4. The molecule has 1 aromatic rings. The molecule has 2 N–H and O–H groups in total. The van der Waals surface area contributed by atoms with Crippen LogP contribution >= 0.6 is 0 Å². The number of carbonyl (C=O) groups is 2. The Morgan fingerprint density at radius 2 is 2.31 bits per heavy atom. The number of carbonyl (C=O) groups excluding carboxylic acids is 1. The van der Waals surface area contributed by atoms with Crippen molar-refractivity contribution in [3.63, 3.8) is 0 Å². The molecule has 1 unspecified atom stereocenters. The first-order chi connectivity index (χ1) is 7.61. The maximum Gasteiger partial charge on any atom is 0.306 e. The van der Waals surface area contributed by atoms with Gasteiger partial charge in [0.15, 0.2) is 5.76 Å². The average Bonchev–Trinajstić information content (AvgIpc) is 2.76. The third-order valence-corrected chi connectivity index (χ3v) is 2.27. The number of carboxylic acids is 1. The Balaban J connectivity index is 2.17. The average molecular weight is 225 g/mol. The van der Waals surface area contributed by atoms with Crippen LogP contribution in [0.25, 0.3) is 0 Å². The lowest BCUT2D eigenvalue weighted by Crippen LogP contribution is -2.24. The van der Waals surface area contributed by atoms with Gasteiger partial charge in [0, 0.05) is 6.54 Å². The van der Waals surface area contributed by atoms with E-state index in [1.807, 2.05) is 0 Å². The Labute approximate surface area is 93.4 Å². The van der Waals surface area contributed by atoms with Crippen molar-refractivity contribution in [2.45, 2.75) is 19.8 Å². The van der Waals surface area contributed by atoms with Crippen LogP contribution in [0, 0.1) is 5.92 Å². The number of carboxylic acid groups (broad SMARTS) is 1. The molecule has 0 aliphatic rings. The second-order valence-electron chi connectivity index (χ2n) is 3.61. The molecule has 1 amide bonds. The SMILES string of the molecule is CC(CCCNC(=O)c1ccco1)C(=O)O. The topological polar surface area (TPSA) is 79.5 Å². The van der Waals surface area contributed by atoms with E-state index < -0.39 is 5.97 Å². The van der Waals surface area contributed by atoms with Crippen LogP contribution in [0.15, 0.2) is 22.8 Å². The summed E-state index contributed by atoms with van der Waals surface area (Å²) in [5.74, 6) is -1.18. The largest absolute Gasteiger partial charge is 0.481 e. The van der Waals surface area contributed by atoms with E-state index in [1.54, 1.807) is 19.1 Å². The van der Waals surface area contributed by atoms with Crippen LogP contribution in [0.5, 0.6) is 0 Å². The van der Waals surface area contributed by atoms with Crippen molar-refractivity contribution in [3.8, 4) is 0 Å². The van der Waals surface area contributed by atoms with Crippen LogP contribution in [0.1, 0.15) is 30.3 Å². The van der Waals surface area contributed by atoms with E-state index >= 15 is 0 Å². The fourth-order valence-electron chi connectivity index (χ4n) is 1.23. The molecule has 1 atom stereocenters. The Kier molecular flexibility index (Phi) is 4.57. The van der Waals surface area contributed by atoms with Gasteiger partial charge in [-0.1, -0.05) is 6.92 Å². The van der Waals surface area contributed by atoms with E-state index in [0.717, 1.165) is 0 Å². The monoisotopic (exact) mass is 225 g/mol. The highest BCUT2D eigenvalue weighted by molar-refractivity contribution is 5.91. The van der Waals surface area contributed by atoms with Crippen molar-refractivity contribution in [1.29, 1.82) is 0 Å². The van der Waals surface area contributed by atoms with Gasteiger partial charge in [0.05, 0.1) is 12.2 Å². The Hall–Kier alpha value is -1.78. The van der Waals surface area contributed by atoms with Crippen LogP contribution in [0.3, 0.4) is 0 Å². The van der Waals surface area contributed by atoms with Gasteiger partial charge in [-0.25, -0.2) is 0 Å². The second kappa shape index (κ2) is 5.95. The summed E-state index contributed by atoms with van der Waals surface area (Å²) in [5, 5.41) is 11.3. The van der Waals surface area contributed by atoms with Gasteiger partial charge < -0.3 is 14.8 Å². The number of hydrogen-bond acceptors (Lipinski definition) is 3. The van der Waals surface area contributed by atoms with Gasteiger partial charge in [0.1, 0.15) is 0 Å². The molecular formula is C11H15NO4. The zero-order valence-corrected chi connectivity index (χ0v) is 9.10. The maximum atomic E-state index is 11.4. The Bertz CT molecular complexity index is 345. The molecular weight excluding hydrogens is 210 g/mol. The first-order valence-electron chi connectivity index (χ1n) is 5.15. The summed E-state index contributed by atoms with van der Waals surface area (Å²) in [6, 6.07) is 3.22. The summed E-state index contributed by atoms with van der Waals surface area (Å²) in [7, 11) is 0. The minimum atomic E-state index is -0.808. The standard InChI is InChI=1S/C11H15NO4/c1-8(11(14)15)4-2-6-12-10(13)9-5-3-7-16-9/h3,5,7-8H,2,4,6H2,1H3,(H,12,13)(H,14,15). The van der Waals surface area contributed by atoms with Crippen LogP contribution in [0.4, 0.5) is 0 Å². The molecule has 0 radical (unpaired) electrons. The van der Waals surface area contributed by atoms with Gasteiger partial charge in [-0.15, -0.1) is 0 Å². The number of aliphatic carboxylic acids is 1. The highest BCUT2D eigenvalue weighted by Crippen LogP contribution is 2.05. The summed E-state index contributed by atoms with van der Waals surface area (Å²) >= 11 is 0. The molecule has 0 spiro atoms. The fraction of sp³-hybridized carbons (Fsp3) is 0.455. The molecule has 5 heteroatoms. The molecule has 0 saturated heterocycles.